The molecule has 4 nitrogen and oxygen atoms in total. The molecule has 21 heavy (non-hydrogen) atoms. The number of benzene rings is 2. The summed E-state index contributed by atoms with van der Waals surface area (Å²) in [4.78, 5) is 11.9. The second kappa shape index (κ2) is 7.11. The largest absolute Gasteiger partial charge is 0.474 e. The van der Waals surface area contributed by atoms with Crippen molar-refractivity contribution in [3.05, 3.63) is 64.7 Å². The van der Waals surface area contributed by atoms with Crippen LogP contribution in [0.3, 0.4) is 0 Å². The van der Waals surface area contributed by atoms with Crippen molar-refractivity contribution < 1.29 is 19.4 Å². The SMILES string of the molecule is COC(=O)C(Oc1ccc(CO)c(Cl)c1)c1ccccc1. The van der Waals surface area contributed by atoms with E-state index < -0.39 is 12.1 Å². The number of esters is 1. The summed E-state index contributed by atoms with van der Waals surface area (Å²) in [6, 6.07) is 13.9. The maximum Gasteiger partial charge on any atom is 0.351 e. The Morgan fingerprint density at radius 3 is 2.52 bits per heavy atom. The van der Waals surface area contributed by atoms with E-state index in [0.29, 0.717) is 21.9 Å². The third-order valence-electron chi connectivity index (χ3n) is 2.97. The summed E-state index contributed by atoms with van der Waals surface area (Å²) in [6.07, 6.45) is -0.868. The normalized spacial score (nSPS) is 11.8. The minimum absolute atomic E-state index is 0.155. The summed E-state index contributed by atoms with van der Waals surface area (Å²) in [5.74, 6) is -0.0694. The van der Waals surface area contributed by atoms with Gasteiger partial charge in [-0.25, -0.2) is 4.79 Å². The highest BCUT2D eigenvalue weighted by molar-refractivity contribution is 6.31. The van der Waals surface area contributed by atoms with Crippen molar-refractivity contribution in [1.29, 1.82) is 0 Å². The topological polar surface area (TPSA) is 55.8 Å². The van der Waals surface area contributed by atoms with Crippen LogP contribution in [-0.4, -0.2) is 18.2 Å². The zero-order chi connectivity index (χ0) is 15.2. The van der Waals surface area contributed by atoms with E-state index in [4.69, 9.17) is 26.2 Å². The molecule has 0 aliphatic heterocycles. The molecule has 0 saturated heterocycles. The molecule has 0 bridgehead atoms. The number of hydrogen-bond acceptors (Lipinski definition) is 4. The summed E-state index contributed by atoms with van der Waals surface area (Å²) >= 11 is 6.02. The molecule has 0 aliphatic carbocycles. The molecule has 110 valence electrons. The van der Waals surface area contributed by atoms with Gasteiger partial charge in [0.05, 0.1) is 13.7 Å². The van der Waals surface area contributed by atoms with Crippen molar-refractivity contribution in [2.75, 3.05) is 7.11 Å². The van der Waals surface area contributed by atoms with Gasteiger partial charge in [0, 0.05) is 10.6 Å². The number of aliphatic hydroxyl groups is 1. The highest BCUT2D eigenvalue weighted by atomic mass is 35.5. The van der Waals surface area contributed by atoms with Gasteiger partial charge < -0.3 is 14.6 Å². The van der Waals surface area contributed by atoms with Gasteiger partial charge in [0.2, 0.25) is 6.10 Å². The molecule has 0 saturated carbocycles. The number of carbonyl (C=O) groups excluding carboxylic acids is 1. The minimum Gasteiger partial charge on any atom is -0.474 e. The molecule has 0 aliphatic rings. The van der Waals surface area contributed by atoms with Gasteiger partial charge in [0.15, 0.2) is 0 Å². The third kappa shape index (κ3) is 3.74. The molecule has 0 spiro atoms. The van der Waals surface area contributed by atoms with Crippen LogP contribution in [0, 0.1) is 0 Å². The number of carbonyl (C=O) groups is 1. The van der Waals surface area contributed by atoms with Crippen LogP contribution in [0.25, 0.3) is 0 Å². The maximum atomic E-state index is 11.9. The molecule has 5 heteroatoms. The van der Waals surface area contributed by atoms with Crippen molar-refractivity contribution >= 4 is 17.6 Å². The number of aliphatic hydroxyl groups excluding tert-OH is 1. The monoisotopic (exact) mass is 306 g/mol. The summed E-state index contributed by atoms with van der Waals surface area (Å²) < 4.78 is 10.5. The van der Waals surface area contributed by atoms with Crippen molar-refractivity contribution in [3.63, 3.8) is 0 Å². The van der Waals surface area contributed by atoms with E-state index in [9.17, 15) is 4.79 Å². The quantitative estimate of drug-likeness (QED) is 0.862. The molecule has 0 heterocycles. The first kappa shape index (κ1) is 15.4. The molecule has 1 N–H and O–H groups in total. The van der Waals surface area contributed by atoms with Crippen LogP contribution < -0.4 is 4.74 Å². The number of ether oxygens (including phenoxy) is 2. The van der Waals surface area contributed by atoms with Gasteiger partial charge in [-0.3, -0.25) is 0 Å². The van der Waals surface area contributed by atoms with Crippen LogP contribution in [0.2, 0.25) is 5.02 Å². The van der Waals surface area contributed by atoms with Gasteiger partial charge in [0.25, 0.3) is 0 Å². The molecule has 0 amide bonds. The van der Waals surface area contributed by atoms with Gasteiger partial charge in [0.1, 0.15) is 5.75 Å². The first-order chi connectivity index (χ1) is 10.2. The Hall–Kier alpha value is -2.04. The van der Waals surface area contributed by atoms with Crippen LogP contribution in [0.5, 0.6) is 5.75 Å². The van der Waals surface area contributed by atoms with Crippen molar-refractivity contribution in [3.8, 4) is 5.75 Å². The van der Waals surface area contributed by atoms with Gasteiger partial charge in [-0.15, -0.1) is 0 Å². The fraction of sp³-hybridized carbons (Fsp3) is 0.188. The van der Waals surface area contributed by atoms with E-state index in [1.54, 1.807) is 30.3 Å². The number of rotatable bonds is 5. The third-order valence-corrected chi connectivity index (χ3v) is 3.32. The Labute approximate surface area is 127 Å². The fourth-order valence-corrected chi connectivity index (χ4v) is 2.08. The van der Waals surface area contributed by atoms with Crippen molar-refractivity contribution in [2.24, 2.45) is 0 Å². The molecule has 0 radical (unpaired) electrons. The molecule has 2 aromatic rings. The zero-order valence-corrected chi connectivity index (χ0v) is 12.2. The van der Waals surface area contributed by atoms with Gasteiger partial charge in [-0.2, -0.15) is 0 Å². The van der Waals surface area contributed by atoms with E-state index in [2.05, 4.69) is 0 Å². The first-order valence-corrected chi connectivity index (χ1v) is 6.72. The molecule has 0 aromatic heterocycles. The lowest BCUT2D eigenvalue weighted by Gasteiger charge is -2.17. The van der Waals surface area contributed by atoms with Crippen LogP contribution in [0.1, 0.15) is 17.2 Å². The van der Waals surface area contributed by atoms with Crippen molar-refractivity contribution in [2.45, 2.75) is 12.7 Å². The lowest BCUT2D eigenvalue weighted by molar-refractivity contribution is -0.149. The van der Waals surface area contributed by atoms with Crippen LogP contribution in [-0.2, 0) is 16.1 Å². The van der Waals surface area contributed by atoms with E-state index in [1.807, 2.05) is 18.2 Å². The molecule has 1 atom stereocenters. The molecular formula is C16H15ClO4. The van der Waals surface area contributed by atoms with E-state index in [0.717, 1.165) is 0 Å². The summed E-state index contributed by atoms with van der Waals surface area (Å²) in [5, 5.41) is 9.48. The van der Waals surface area contributed by atoms with E-state index in [1.165, 1.54) is 7.11 Å². The highest BCUT2D eigenvalue weighted by Gasteiger charge is 2.23. The predicted octanol–water partition coefficient (Wildman–Crippen LogP) is 3.13. The van der Waals surface area contributed by atoms with Crippen molar-refractivity contribution in [1.82, 2.24) is 0 Å². The lowest BCUT2D eigenvalue weighted by atomic mass is 10.1. The number of methoxy groups -OCH3 is 1. The van der Waals surface area contributed by atoms with Crippen LogP contribution >= 0.6 is 11.6 Å². The molecule has 2 aromatic carbocycles. The first-order valence-electron chi connectivity index (χ1n) is 6.34. The highest BCUT2D eigenvalue weighted by Crippen LogP contribution is 2.27. The average Bonchev–Trinajstić information content (AvgIpc) is 2.53. The number of hydrogen-bond donors (Lipinski definition) is 1. The Kier molecular flexibility index (Phi) is 5.20. The smallest absolute Gasteiger partial charge is 0.351 e. The minimum atomic E-state index is -0.868. The zero-order valence-electron chi connectivity index (χ0n) is 11.5. The molecule has 1 unspecified atom stereocenters. The summed E-state index contributed by atoms with van der Waals surface area (Å²) in [6.45, 7) is -0.155. The maximum absolute atomic E-state index is 11.9. The Morgan fingerprint density at radius 1 is 1.24 bits per heavy atom. The molecule has 0 fully saturated rings. The molecule has 2 rings (SSSR count). The summed E-state index contributed by atoms with van der Waals surface area (Å²) in [7, 11) is 1.31. The fourth-order valence-electron chi connectivity index (χ4n) is 1.85. The van der Waals surface area contributed by atoms with Crippen LogP contribution in [0.15, 0.2) is 48.5 Å². The Balaban J connectivity index is 2.27. The standard InChI is InChI=1S/C16H15ClO4/c1-20-16(19)15(11-5-3-2-4-6-11)21-13-8-7-12(10-18)14(17)9-13/h2-9,15,18H,10H2,1H3. The number of halogens is 1. The lowest BCUT2D eigenvalue weighted by Crippen LogP contribution is -2.20. The Morgan fingerprint density at radius 2 is 1.95 bits per heavy atom. The average molecular weight is 307 g/mol. The van der Waals surface area contributed by atoms with Gasteiger partial charge >= 0.3 is 5.97 Å². The van der Waals surface area contributed by atoms with Gasteiger partial charge in [-0.05, 0) is 17.7 Å². The van der Waals surface area contributed by atoms with Gasteiger partial charge in [-0.1, -0.05) is 48.0 Å². The predicted molar refractivity (Wildman–Crippen MR) is 79.2 cm³/mol. The second-order valence-electron chi connectivity index (χ2n) is 4.34. The van der Waals surface area contributed by atoms with E-state index in [-0.39, 0.29) is 6.61 Å². The van der Waals surface area contributed by atoms with E-state index >= 15 is 0 Å². The Bertz CT molecular complexity index is 613. The second-order valence-corrected chi connectivity index (χ2v) is 4.75. The molecular weight excluding hydrogens is 292 g/mol. The summed E-state index contributed by atoms with van der Waals surface area (Å²) in [5.41, 5.74) is 1.28. The van der Waals surface area contributed by atoms with Crippen LogP contribution in [0.4, 0.5) is 0 Å².